The van der Waals surface area contributed by atoms with Gasteiger partial charge in [0, 0.05) is 41.9 Å². The number of nitrogens with one attached hydrogen (secondary N) is 1. The summed E-state index contributed by atoms with van der Waals surface area (Å²) in [6.07, 6.45) is 0. The van der Waals surface area contributed by atoms with Crippen molar-refractivity contribution in [3.8, 4) is 17.2 Å². The minimum absolute atomic E-state index is 0.121. The van der Waals surface area contributed by atoms with Crippen molar-refractivity contribution in [2.75, 3.05) is 0 Å². The Labute approximate surface area is 310 Å². The fraction of sp³-hybridized carbons (Fsp3) is 0.0833. The van der Waals surface area contributed by atoms with Crippen molar-refractivity contribution in [1.82, 2.24) is 9.88 Å². The molecule has 0 spiro atoms. The van der Waals surface area contributed by atoms with E-state index in [-0.39, 0.29) is 11.5 Å². The van der Waals surface area contributed by atoms with Gasteiger partial charge in [0.05, 0.1) is 34.4 Å². The van der Waals surface area contributed by atoms with Gasteiger partial charge in [-0.15, -0.1) is 11.3 Å². The highest BCUT2D eigenvalue weighted by Gasteiger charge is 2.45. The number of hydrogen-bond acceptors (Lipinski definition) is 4. The molecular formula is C48H32N4S. The molecule has 0 saturated heterocycles. The average Bonchev–Trinajstić information content (AvgIpc) is 3.81. The van der Waals surface area contributed by atoms with Crippen LogP contribution < -0.4 is 5.32 Å². The van der Waals surface area contributed by atoms with E-state index in [2.05, 4.69) is 151 Å². The minimum Gasteiger partial charge on any atom is -0.345 e. The van der Waals surface area contributed by atoms with E-state index in [1.54, 1.807) is 0 Å². The Bertz CT molecular complexity index is 3130. The molecule has 0 radical (unpaired) electrons. The third kappa shape index (κ3) is 4.37. The number of hydrogen-bond donors (Lipinski definition) is 1. The van der Waals surface area contributed by atoms with Crippen molar-refractivity contribution >= 4 is 75.7 Å². The van der Waals surface area contributed by atoms with Crippen molar-refractivity contribution < 1.29 is 0 Å². The first kappa shape index (κ1) is 30.2. The van der Waals surface area contributed by atoms with Crippen molar-refractivity contribution in [3.63, 3.8) is 0 Å². The molecule has 7 aromatic carbocycles. The van der Waals surface area contributed by atoms with Crippen molar-refractivity contribution in [2.45, 2.75) is 25.3 Å². The van der Waals surface area contributed by atoms with E-state index in [0.29, 0.717) is 5.56 Å². The van der Waals surface area contributed by atoms with Crippen LogP contribution in [-0.2, 0) is 5.41 Å². The van der Waals surface area contributed by atoms with Crippen LogP contribution in [-0.4, -0.2) is 10.5 Å². The molecule has 1 N–H and O–H groups in total. The zero-order valence-corrected chi connectivity index (χ0v) is 30.0. The highest BCUT2D eigenvalue weighted by Crippen LogP contribution is 2.54. The molecule has 250 valence electrons. The lowest BCUT2D eigenvalue weighted by atomic mass is 9.76. The Morgan fingerprint density at radius 2 is 1.38 bits per heavy atom. The second-order valence-corrected chi connectivity index (χ2v) is 15.9. The zero-order valence-electron chi connectivity index (χ0n) is 29.2. The van der Waals surface area contributed by atoms with E-state index in [9.17, 15) is 5.26 Å². The van der Waals surface area contributed by atoms with Crippen LogP contribution in [0.25, 0.3) is 69.6 Å². The summed E-state index contributed by atoms with van der Waals surface area (Å²) in [5.74, 6) is 0.825. The van der Waals surface area contributed by atoms with Crippen LogP contribution in [0.3, 0.4) is 0 Å². The topological polar surface area (TPSA) is 53.1 Å². The summed E-state index contributed by atoms with van der Waals surface area (Å²) >= 11 is 1.86. The third-order valence-electron chi connectivity index (χ3n) is 11.5. The van der Waals surface area contributed by atoms with Gasteiger partial charge in [0.15, 0.2) is 0 Å². The maximum atomic E-state index is 9.41. The number of aromatic nitrogens is 1. The van der Waals surface area contributed by atoms with E-state index in [1.807, 2.05) is 35.6 Å². The smallest absolute Gasteiger partial charge is 0.209 e. The van der Waals surface area contributed by atoms with Gasteiger partial charge >= 0.3 is 0 Å². The number of aliphatic imine (C=N–C) groups is 1. The lowest BCUT2D eigenvalue weighted by molar-refractivity contribution is 0.551. The second-order valence-electron chi connectivity index (χ2n) is 14.8. The largest absolute Gasteiger partial charge is 0.345 e. The normalized spacial score (nSPS) is 16.2. The SMILES string of the molecule is CC1(C)C2=C(N=C(n3c4ccccc4c4cc5ccccc5cc43)NC2c2ccc3c(c2)sc2ccccc23)c2ccc(-c3ccc(C#N)cc3)cc21. The van der Waals surface area contributed by atoms with Gasteiger partial charge in [-0.05, 0) is 87.1 Å². The molecule has 0 fully saturated rings. The minimum atomic E-state index is -0.313. The summed E-state index contributed by atoms with van der Waals surface area (Å²) in [5, 5.41) is 20.9. The summed E-state index contributed by atoms with van der Waals surface area (Å²) < 4.78 is 4.93. The lowest BCUT2D eigenvalue weighted by Gasteiger charge is -2.35. The summed E-state index contributed by atoms with van der Waals surface area (Å²) in [4.78, 5) is 5.62. The number of thiophene rings is 1. The van der Waals surface area contributed by atoms with Crippen LogP contribution in [0.5, 0.6) is 0 Å². The maximum Gasteiger partial charge on any atom is 0.209 e. The van der Waals surface area contributed by atoms with Gasteiger partial charge in [-0.2, -0.15) is 5.26 Å². The molecule has 2 aliphatic rings. The van der Waals surface area contributed by atoms with Crippen LogP contribution >= 0.6 is 11.3 Å². The lowest BCUT2D eigenvalue weighted by Crippen LogP contribution is -2.40. The summed E-state index contributed by atoms with van der Waals surface area (Å²) in [5.41, 5.74) is 10.8. The molecule has 0 bridgehead atoms. The van der Waals surface area contributed by atoms with Gasteiger partial charge in [0.2, 0.25) is 5.96 Å². The number of fused-ring (bicyclic) bond motifs is 9. The highest BCUT2D eigenvalue weighted by atomic mass is 32.1. The van der Waals surface area contributed by atoms with Crippen molar-refractivity contribution in [2.24, 2.45) is 4.99 Å². The van der Waals surface area contributed by atoms with Crippen LogP contribution in [0.2, 0.25) is 0 Å². The van der Waals surface area contributed by atoms with E-state index < -0.39 is 0 Å². The Morgan fingerprint density at radius 1 is 0.660 bits per heavy atom. The standard InChI is InChI=1S/C48H32N4S/c1-48(2)39-24-32(29-17-15-28(27-49)16-18-29)19-22-37(39)46-44(48)45(33-20-21-36-35-12-6-8-14-42(35)53-43(36)26-33)50-47(51-46)52-40-13-7-5-11-34(40)38-23-30-9-3-4-10-31(30)25-41(38)52/h3-26,45H,1-2H3,(H,50,51). The van der Waals surface area contributed by atoms with E-state index >= 15 is 0 Å². The zero-order chi connectivity index (χ0) is 35.4. The number of para-hydroxylation sites is 1. The highest BCUT2D eigenvalue weighted by molar-refractivity contribution is 7.25. The van der Waals surface area contributed by atoms with Crippen molar-refractivity contribution in [3.05, 3.63) is 173 Å². The second kappa shape index (κ2) is 11.0. The Morgan fingerprint density at radius 3 is 2.21 bits per heavy atom. The van der Waals surface area contributed by atoms with Gasteiger partial charge in [-0.3, -0.25) is 4.57 Å². The first-order valence-corrected chi connectivity index (χ1v) is 18.9. The van der Waals surface area contributed by atoms with Crippen LogP contribution in [0.1, 0.15) is 42.1 Å². The summed E-state index contributed by atoms with van der Waals surface area (Å²) in [6.45, 7) is 4.69. The summed E-state index contributed by atoms with van der Waals surface area (Å²) in [6, 6.07) is 54.4. The Balaban J connectivity index is 1.16. The molecular weight excluding hydrogens is 665 g/mol. The van der Waals surface area contributed by atoms with Gasteiger partial charge in [-0.25, -0.2) is 4.99 Å². The molecule has 9 aromatic rings. The molecule has 1 aliphatic carbocycles. The van der Waals surface area contributed by atoms with Crippen LogP contribution in [0, 0.1) is 11.3 Å². The molecule has 5 heteroatoms. The molecule has 2 aromatic heterocycles. The molecule has 1 aliphatic heterocycles. The first-order chi connectivity index (χ1) is 26.0. The molecule has 1 atom stereocenters. The number of benzene rings is 7. The number of rotatable bonds is 2. The predicted molar refractivity (Wildman–Crippen MR) is 222 cm³/mol. The first-order valence-electron chi connectivity index (χ1n) is 18.1. The monoisotopic (exact) mass is 696 g/mol. The van der Waals surface area contributed by atoms with Crippen molar-refractivity contribution in [1.29, 1.82) is 5.26 Å². The molecule has 11 rings (SSSR count). The van der Waals surface area contributed by atoms with E-state index in [1.165, 1.54) is 64.0 Å². The molecule has 53 heavy (non-hydrogen) atoms. The van der Waals surface area contributed by atoms with E-state index in [4.69, 9.17) is 4.99 Å². The Kier molecular flexibility index (Phi) is 6.27. The summed E-state index contributed by atoms with van der Waals surface area (Å²) in [7, 11) is 0. The predicted octanol–water partition coefficient (Wildman–Crippen LogP) is 12.1. The number of nitriles is 1. The Hall–Kier alpha value is -6.48. The van der Waals surface area contributed by atoms with Gasteiger partial charge < -0.3 is 5.32 Å². The van der Waals surface area contributed by atoms with Gasteiger partial charge in [-0.1, -0.05) is 111 Å². The van der Waals surface area contributed by atoms with E-state index in [0.717, 1.165) is 33.8 Å². The molecule has 1 unspecified atom stereocenters. The van der Waals surface area contributed by atoms with Gasteiger partial charge in [0.1, 0.15) is 0 Å². The molecule has 3 heterocycles. The molecule has 4 nitrogen and oxygen atoms in total. The average molecular weight is 697 g/mol. The third-order valence-corrected chi connectivity index (χ3v) is 12.6. The van der Waals surface area contributed by atoms with Crippen LogP contribution in [0.4, 0.5) is 0 Å². The number of nitrogens with zero attached hydrogens (tertiary/aromatic N) is 3. The van der Waals surface area contributed by atoms with Gasteiger partial charge in [0.25, 0.3) is 0 Å². The van der Waals surface area contributed by atoms with Crippen LogP contribution in [0.15, 0.2) is 156 Å². The quantitative estimate of drug-likeness (QED) is 0.196. The fourth-order valence-electron chi connectivity index (χ4n) is 8.90. The maximum absolute atomic E-state index is 9.41. The fourth-order valence-corrected chi connectivity index (χ4v) is 10.1. The molecule has 0 saturated carbocycles. The molecule has 0 amide bonds.